The molecule has 0 bridgehead atoms. The Hall–Kier alpha value is -2.92. The van der Waals surface area contributed by atoms with E-state index in [1.54, 1.807) is 30.7 Å². The van der Waals surface area contributed by atoms with Crippen molar-refractivity contribution in [3.05, 3.63) is 77.5 Å². The minimum absolute atomic E-state index is 0.290. The largest absolute Gasteiger partial charge is 0.388 e. The highest BCUT2D eigenvalue weighted by atomic mass is 16.3. The van der Waals surface area contributed by atoms with Gasteiger partial charge < -0.3 is 5.11 Å². The number of hydrogen-bond donors (Lipinski definition) is 1. The van der Waals surface area contributed by atoms with Crippen LogP contribution in [0.5, 0.6) is 0 Å². The Morgan fingerprint density at radius 3 is 2.79 bits per heavy atom. The lowest BCUT2D eigenvalue weighted by molar-refractivity contribution is 0.0903. The molecule has 0 aliphatic heterocycles. The van der Waals surface area contributed by atoms with E-state index >= 15 is 0 Å². The predicted octanol–water partition coefficient (Wildman–Crippen LogP) is 2.61. The van der Waals surface area contributed by atoms with Gasteiger partial charge in [0, 0.05) is 36.1 Å². The number of pyridine rings is 1. The minimum atomic E-state index is -0.491. The zero-order chi connectivity index (χ0) is 16.9. The summed E-state index contributed by atoms with van der Waals surface area (Å²) >= 11 is 0. The number of aliphatic hydroxyl groups excluding tert-OH is 1. The highest BCUT2D eigenvalue weighted by molar-refractivity contribution is 5.97. The fourth-order valence-corrected chi connectivity index (χ4v) is 2.46. The Balaban J connectivity index is 1.90. The van der Waals surface area contributed by atoms with Gasteiger partial charge in [-0.3, -0.25) is 9.78 Å². The topological polar surface area (TPSA) is 76.0 Å². The summed E-state index contributed by atoms with van der Waals surface area (Å²) in [6.07, 6.45) is 5.73. The third-order valence-electron chi connectivity index (χ3n) is 3.83. The number of benzene rings is 1. The first-order valence-electron chi connectivity index (χ1n) is 7.63. The molecule has 0 saturated carbocycles. The lowest BCUT2D eigenvalue weighted by Crippen LogP contribution is -2.06. The molecular weight excluding hydrogens is 302 g/mol. The third-order valence-corrected chi connectivity index (χ3v) is 3.83. The number of carbonyl (C=O) groups excluding carboxylic acids is 1. The van der Waals surface area contributed by atoms with E-state index in [2.05, 4.69) is 15.0 Å². The van der Waals surface area contributed by atoms with Gasteiger partial charge in [0.1, 0.15) is 12.4 Å². The van der Waals surface area contributed by atoms with E-state index in [0.29, 0.717) is 17.8 Å². The fourth-order valence-electron chi connectivity index (χ4n) is 2.46. The average Bonchev–Trinajstić information content (AvgIpc) is 2.64. The number of nitrogens with zero attached hydrogens (tertiary/aromatic N) is 3. The maximum absolute atomic E-state index is 11.7. The van der Waals surface area contributed by atoms with Gasteiger partial charge >= 0.3 is 0 Å². The Morgan fingerprint density at radius 2 is 2.04 bits per heavy atom. The van der Waals surface area contributed by atoms with Crippen LogP contribution < -0.4 is 0 Å². The molecule has 5 nitrogen and oxygen atoms in total. The number of aryl methyl sites for hydroxylation is 1. The first-order valence-corrected chi connectivity index (χ1v) is 7.63. The molecule has 3 rings (SSSR count). The molecule has 2 heterocycles. The van der Waals surface area contributed by atoms with Crippen LogP contribution in [0.15, 0.2) is 55.0 Å². The van der Waals surface area contributed by atoms with Gasteiger partial charge in [-0.25, -0.2) is 9.97 Å². The average molecular weight is 319 g/mol. The van der Waals surface area contributed by atoms with E-state index in [4.69, 9.17) is 5.11 Å². The van der Waals surface area contributed by atoms with Gasteiger partial charge in [-0.1, -0.05) is 12.1 Å². The summed E-state index contributed by atoms with van der Waals surface area (Å²) in [5, 5.41) is 9.02. The summed E-state index contributed by atoms with van der Waals surface area (Å²) in [6.45, 7) is 1.49. The molecule has 0 saturated heterocycles. The van der Waals surface area contributed by atoms with Crippen molar-refractivity contribution in [3.63, 3.8) is 0 Å². The highest BCUT2D eigenvalue weighted by Crippen LogP contribution is 2.18. The molecule has 0 radical (unpaired) electrons. The second-order valence-corrected chi connectivity index (χ2v) is 5.50. The molecule has 5 heteroatoms. The lowest BCUT2D eigenvalue weighted by Gasteiger charge is -2.08. The van der Waals surface area contributed by atoms with Crippen molar-refractivity contribution in [3.8, 4) is 11.3 Å². The van der Waals surface area contributed by atoms with Crippen LogP contribution in [0.4, 0.5) is 0 Å². The quantitative estimate of drug-likeness (QED) is 0.732. The summed E-state index contributed by atoms with van der Waals surface area (Å²) in [5.41, 5.74) is 4.27. The summed E-state index contributed by atoms with van der Waals surface area (Å²) in [6, 6.07) is 11.1. The van der Waals surface area contributed by atoms with Crippen LogP contribution in [0, 0.1) is 6.92 Å². The molecule has 3 aromatic rings. The van der Waals surface area contributed by atoms with Gasteiger partial charge in [-0.15, -0.1) is 0 Å². The molecule has 1 N–H and O–H groups in total. The molecule has 0 unspecified atom stereocenters. The summed E-state index contributed by atoms with van der Waals surface area (Å²) in [4.78, 5) is 24.7. The molecule has 0 aliphatic carbocycles. The molecule has 0 spiro atoms. The number of carbonyl (C=O) groups is 1. The molecule has 0 amide bonds. The number of hydrogen-bond acceptors (Lipinski definition) is 5. The van der Waals surface area contributed by atoms with E-state index in [-0.39, 0.29) is 5.78 Å². The predicted molar refractivity (Wildman–Crippen MR) is 90.7 cm³/mol. The van der Waals surface area contributed by atoms with E-state index < -0.39 is 6.61 Å². The second-order valence-electron chi connectivity index (χ2n) is 5.50. The molecule has 0 atom stereocenters. The SMILES string of the molecule is Cc1ccc(C(=O)CO)cc1Cc1nccc(-c2cccnc2)n1. The normalized spacial score (nSPS) is 10.6. The lowest BCUT2D eigenvalue weighted by atomic mass is 10.00. The maximum atomic E-state index is 11.7. The maximum Gasteiger partial charge on any atom is 0.188 e. The third kappa shape index (κ3) is 3.52. The van der Waals surface area contributed by atoms with Gasteiger partial charge in [0.05, 0.1) is 5.69 Å². The Kier molecular flexibility index (Phi) is 4.72. The number of Topliss-reactive ketones (excluding diaryl/α,β-unsaturated/α-hetero) is 1. The van der Waals surface area contributed by atoms with Gasteiger partial charge in [0.15, 0.2) is 5.78 Å². The fraction of sp³-hybridized carbons (Fsp3) is 0.158. The number of rotatable bonds is 5. The molecule has 24 heavy (non-hydrogen) atoms. The standard InChI is InChI=1S/C19H17N3O2/c1-13-4-5-14(18(24)12-23)9-16(13)10-19-21-8-6-17(22-19)15-3-2-7-20-11-15/h2-9,11,23H,10,12H2,1H3. The summed E-state index contributed by atoms with van der Waals surface area (Å²) < 4.78 is 0. The van der Waals surface area contributed by atoms with Gasteiger partial charge in [-0.2, -0.15) is 0 Å². The van der Waals surface area contributed by atoms with Crippen molar-refractivity contribution in [2.75, 3.05) is 6.61 Å². The van der Waals surface area contributed by atoms with Crippen molar-refractivity contribution in [1.82, 2.24) is 15.0 Å². The molecule has 0 fully saturated rings. The van der Waals surface area contributed by atoms with Gasteiger partial charge in [0.25, 0.3) is 0 Å². The van der Waals surface area contributed by atoms with Crippen molar-refractivity contribution < 1.29 is 9.90 Å². The monoisotopic (exact) mass is 319 g/mol. The number of aromatic nitrogens is 3. The minimum Gasteiger partial charge on any atom is -0.388 e. The van der Waals surface area contributed by atoms with Crippen LogP contribution in [0.25, 0.3) is 11.3 Å². The van der Waals surface area contributed by atoms with Crippen LogP contribution in [-0.2, 0) is 6.42 Å². The smallest absolute Gasteiger partial charge is 0.188 e. The van der Waals surface area contributed by atoms with Crippen molar-refractivity contribution in [1.29, 1.82) is 0 Å². The summed E-state index contributed by atoms with van der Waals surface area (Å²) in [7, 11) is 0. The van der Waals surface area contributed by atoms with E-state index in [1.165, 1.54) is 0 Å². The van der Waals surface area contributed by atoms with E-state index in [1.807, 2.05) is 31.2 Å². The zero-order valence-corrected chi connectivity index (χ0v) is 13.3. The zero-order valence-electron chi connectivity index (χ0n) is 13.3. The summed E-state index contributed by atoms with van der Waals surface area (Å²) in [5.74, 6) is 0.384. The molecule has 0 aliphatic rings. The van der Waals surface area contributed by atoms with Crippen LogP contribution in [-0.4, -0.2) is 32.4 Å². The molecular formula is C19H17N3O2. The Morgan fingerprint density at radius 1 is 1.17 bits per heavy atom. The van der Waals surface area contributed by atoms with Crippen molar-refractivity contribution >= 4 is 5.78 Å². The van der Waals surface area contributed by atoms with Crippen LogP contribution in [0.2, 0.25) is 0 Å². The van der Waals surface area contributed by atoms with Crippen molar-refractivity contribution in [2.45, 2.75) is 13.3 Å². The Bertz CT molecular complexity index is 863. The number of aliphatic hydroxyl groups is 1. The van der Waals surface area contributed by atoms with E-state index in [9.17, 15) is 4.79 Å². The first-order chi connectivity index (χ1) is 11.7. The molecule has 120 valence electrons. The first kappa shape index (κ1) is 16.0. The molecule has 2 aromatic heterocycles. The van der Waals surface area contributed by atoms with Crippen LogP contribution in [0.3, 0.4) is 0 Å². The highest BCUT2D eigenvalue weighted by Gasteiger charge is 2.09. The van der Waals surface area contributed by atoms with Crippen LogP contribution >= 0.6 is 0 Å². The van der Waals surface area contributed by atoms with Gasteiger partial charge in [0.2, 0.25) is 0 Å². The van der Waals surface area contributed by atoms with E-state index in [0.717, 1.165) is 22.4 Å². The molecule has 1 aromatic carbocycles. The second kappa shape index (κ2) is 7.10. The van der Waals surface area contributed by atoms with Gasteiger partial charge in [-0.05, 0) is 42.3 Å². The number of ketones is 1. The Labute approximate surface area is 140 Å². The van der Waals surface area contributed by atoms with Crippen molar-refractivity contribution in [2.24, 2.45) is 0 Å². The van der Waals surface area contributed by atoms with Crippen LogP contribution in [0.1, 0.15) is 27.3 Å².